The highest BCUT2D eigenvalue weighted by Gasteiger charge is 2.38. The van der Waals surface area contributed by atoms with Gasteiger partial charge in [-0.25, -0.2) is 9.97 Å². The normalized spacial score (nSPS) is 13.2. The largest absolute Gasteiger partial charge is 0.416 e. The van der Waals surface area contributed by atoms with Gasteiger partial charge < -0.3 is 4.90 Å². The number of carbonyl (C=O) groups is 1. The molecule has 0 aliphatic carbocycles. The number of hydrogen-bond acceptors (Lipinski definition) is 5. The summed E-state index contributed by atoms with van der Waals surface area (Å²) in [6.45, 7) is 1.43. The van der Waals surface area contributed by atoms with Gasteiger partial charge in [-0.05, 0) is 42.8 Å². The third kappa shape index (κ3) is 4.82. The van der Waals surface area contributed by atoms with Gasteiger partial charge in [0.2, 0.25) is 5.28 Å². The number of benzene rings is 1. The molecule has 0 aliphatic heterocycles. The fourth-order valence-corrected chi connectivity index (χ4v) is 2.84. The quantitative estimate of drug-likeness (QED) is 0.513. The first kappa shape index (κ1) is 23.4. The van der Waals surface area contributed by atoms with Crippen molar-refractivity contribution in [3.05, 3.63) is 64.5 Å². The first-order valence-corrected chi connectivity index (χ1v) is 9.13. The Bertz CT molecular complexity index is 1100. The van der Waals surface area contributed by atoms with E-state index >= 15 is 0 Å². The van der Waals surface area contributed by atoms with E-state index in [-0.39, 0.29) is 23.1 Å². The molecule has 1 aromatic carbocycles. The minimum Gasteiger partial charge on any atom is -0.332 e. The van der Waals surface area contributed by atoms with E-state index < -0.39 is 41.0 Å². The molecule has 1 unspecified atom stereocenters. The minimum atomic E-state index is -5.08. The first-order chi connectivity index (χ1) is 14.8. The molecule has 0 radical (unpaired) electrons. The highest BCUT2D eigenvalue weighted by molar-refractivity contribution is 6.28. The standard InChI is InChI=1S/C18H13ClF6N6O/c1-9(13-28-15(19)31(29-13)16-26-4-3-5-27-16)30(2)14(32)10-6-11(17(20,21)22)8-12(7-10)18(23,24)25/h3-9H,1-2H3. The maximum Gasteiger partial charge on any atom is 0.416 e. The number of aromatic nitrogens is 5. The summed E-state index contributed by atoms with van der Waals surface area (Å²) in [7, 11) is 1.19. The summed E-state index contributed by atoms with van der Waals surface area (Å²) >= 11 is 6.02. The summed E-state index contributed by atoms with van der Waals surface area (Å²) in [5, 5.41) is 3.93. The highest BCUT2D eigenvalue weighted by atomic mass is 35.5. The monoisotopic (exact) mass is 478 g/mol. The van der Waals surface area contributed by atoms with Gasteiger partial charge in [0.05, 0.1) is 17.2 Å². The van der Waals surface area contributed by atoms with Crippen LogP contribution >= 0.6 is 11.6 Å². The molecule has 2 heterocycles. The fraction of sp³-hybridized carbons (Fsp3) is 0.278. The van der Waals surface area contributed by atoms with Crippen LogP contribution in [0.25, 0.3) is 5.95 Å². The van der Waals surface area contributed by atoms with Gasteiger partial charge >= 0.3 is 12.4 Å². The number of halogens is 7. The van der Waals surface area contributed by atoms with Crippen molar-refractivity contribution in [3.8, 4) is 5.95 Å². The Labute approximate surface area is 181 Å². The van der Waals surface area contributed by atoms with Crippen LogP contribution in [0, 0.1) is 0 Å². The van der Waals surface area contributed by atoms with Gasteiger partial charge in [0, 0.05) is 25.0 Å². The molecule has 32 heavy (non-hydrogen) atoms. The Balaban J connectivity index is 1.95. The Hall–Kier alpha value is -3.22. The van der Waals surface area contributed by atoms with Crippen molar-refractivity contribution in [2.45, 2.75) is 25.3 Å². The van der Waals surface area contributed by atoms with Gasteiger partial charge in [-0.2, -0.15) is 36.0 Å². The number of carbonyl (C=O) groups excluding carboxylic acids is 1. The van der Waals surface area contributed by atoms with Crippen molar-refractivity contribution in [1.82, 2.24) is 29.6 Å². The zero-order valence-electron chi connectivity index (χ0n) is 16.3. The molecule has 0 aliphatic rings. The second-order valence-corrected chi connectivity index (χ2v) is 6.92. The molecular formula is C18H13ClF6N6O. The molecule has 14 heteroatoms. The van der Waals surface area contributed by atoms with Gasteiger partial charge in [-0.15, -0.1) is 5.10 Å². The molecule has 0 bridgehead atoms. The molecule has 3 rings (SSSR count). The Morgan fingerprint density at radius 2 is 1.56 bits per heavy atom. The Morgan fingerprint density at radius 1 is 1.03 bits per heavy atom. The summed E-state index contributed by atoms with van der Waals surface area (Å²) in [6, 6.07) is 1.25. The van der Waals surface area contributed by atoms with Crippen LogP contribution in [-0.2, 0) is 12.4 Å². The number of rotatable bonds is 4. The van der Waals surface area contributed by atoms with Gasteiger partial charge in [0.15, 0.2) is 5.82 Å². The van der Waals surface area contributed by atoms with E-state index in [2.05, 4.69) is 20.1 Å². The number of amides is 1. The molecule has 0 saturated heterocycles. The van der Waals surface area contributed by atoms with Crippen molar-refractivity contribution in [1.29, 1.82) is 0 Å². The predicted molar refractivity (Wildman–Crippen MR) is 98.9 cm³/mol. The Morgan fingerprint density at radius 3 is 2.06 bits per heavy atom. The van der Waals surface area contributed by atoms with E-state index in [1.165, 1.54) is 26.4 Å². The van der Waals surface area contributed by atoms with Gasteiger partial charge in [-0.3, -0.25) is 4.79 Å². The van der Waals surface area contributed by atoms with E-state index in [0.717, 1.165) is 9.58 Å². The summed E-state index contributed by atoms with van der Waals surface area (Å²) < 4.78 is 79.6. The number of alkyl halides is 6. The molecule has 2 aromatic heterocycles. The Kier molecular flexibility index (Phi) is 6.13. The van der Waals surface area contributed by atoms with Crippen LogP contribution < -0.4 is 0 Å². The summed E-state index contributed by atoms with van der Waals surface area (Å²) in [5.41, 5.74) is -3.98. The average Bonchev–Trinajstić information content (AvgIpc) is 3.12. The van der Waals surface area contributed by atoms with Crippen molar-refractivity contribution in [2.75, 3.05) is 7.05 Å². The van der Waals surface area contributed by atoms with E-state index in [1.54, 1.807) is 6.07 Å². The van der Waals surface area contributed by atoms with Crippen LogP contribution in [0.4, 0.5) is 26.3 Å². The molecular weight excluding hydrogens is 466 g/mol. The molecule has 3 aromatic rings. The lowest BCUT2D eigenvalue weighted by atomic mass is 10.0. The van der Waals surface area contributed by atoms with E-state index in [1.807, 2.05) is 0 Å². The zero-order chi connectivity index (χ0) is 23.8. The summed E-state index contributed by atoms with van der Waals surface area (Å²) in [6.07, 6.45) is -7.32. The smallest absolute Gasteiger partial charge is 0.332 e. The third-order valence-electron chi connectivity index (χ3n) is 4.44. The predicted octanol–water partition coefficient (Wildman–Crippen LogP) is 4.58. The molecule has 1 atom stereocenters. The first-order valence-electron chi connectivity index (χ1n) is 8.75. The maximum absolute atomic E-state index is 13.1. The molecule has 170 valence electrons. The van der Waals surface area contributed by atoms with Crippen LogP contribution in [0.1, 0.15) is 40.3 Å². The zero-order valence-corrected chi connectivity index (χ0v) is 17.0. The molecule has 0 fully saturated rings. The fourth-order valence-electron chi connectivity index (χ4n) is 2.64. The molecule has 1 amide bonds. The van der Waals surface area contributed by atoms with Crippen LogP contribution in [0.5, 0.6) is 0 Å². The highest BCUT2D eigenvalue weighted by Crippen LogP contribution is 2.36. The van der Waals surface area contributed by atoms with Crippen molar-refractivity contribution < 1.29 is 31.1 Å². The lowest BCUT2D eigenvalue weighted by Crippen LogP contribution is -2.31. The van der Waals surface area contributed by atoms with Crippen molar-refractivity contribution in [2.24, 2.45) is 0 Å². The van der Waals surface area contributed by atoms with Crippen molar-refractivity contribution >= 4 is 17.5 Å². The number of hydrogen-bond donors (Lipinski definition) is 0. The van der Waals surface area contributed by atoms with Crippen molar-refractivity contribution in [3.63, 3.8) is 0 Å². The van der Waals surface area contributed by atoms with E-state index in [9.17, 15) is 31.1 Å². The third-order valence-corrected chi connectivity index (χ3v) is 4.68. The second kappa shape index (κ2) is 8.37. The lowest BCUT2D eigenvalue weighted by Gasteiger charge is -2.23. The second-order valence-electron chi connectivity index (χ2n) is 6.59. The van der Waals surface area contributed by atoms with E-state index in [0.29, 0.717) is 12.1 Å². The van der Waals surface area contributed by atoms with Crippen LogP contribution in [0.3, 0.4) is 0 Å². The molecule has 0 spiro atoms. The molecule has 0 saturated carbocycles. The van der Waals surface area contributed by atoms with Gasteiger partial charge in [-0.1, -0.05) is 0 Å². The van der Waals surface area contributed by atoms with E-state index in [4.69, 9.17) is 11.6 Å². The number of nitrogens with zero attached hydrogens (tertiary/aromatic N) is 6. The lowest BCUT2D eigenvalue weighted by molar-refractivity contribution is -0.143. The molecule has 7 nitrogen and oxygen atoms in total. The average molecular weight is 479 g/mol. The SMILES string of the molecule is CC(c1nc(Cl)n(-c2ncccn2)n1)N(C)C(=O)c1cc(C(F)(F)F)cc(C(F)(F)F)c1. The van der Waals surface area contributed by atoms with Crippen LogP contribution in [0.15, 0.2) is 36.7 Å². The summed E-state index contributed by atoms with van der Waals surface area (Å²) in [5.74, 6) is -1.05. The summed E-state index contributed by atoms with van der Waals surface area (Å²) in [4.78, 5) is 25.5. The maximum atomic E-state index is 13.1. The minimum absolute atomic E-state index is 0.0266. The van der Waals surface area contributed by atoms with Gasteiger partial charge in [0.1, 0.15) is 0 Å². The van der Waals surface area contributed by atoms with Crippen LogP contribution in [-0.4, -0.2) is 42.6 Å². The van der Waals surface area contributed by atoms with Gasteiger partial charge in [0.25, 0.3) is 11.9 Å². The molecule has 0 N–H and O–H groups in total. The van der Waals surface area contributed by atoms with Crippen LogP contribution in [0.2, 0.25) is 5.28 Å². The topological polar surface area (TPSA) is 76.8 Å².